The topological polar surface area (TPSA) is 82.5 Å². The average molecular weight is 482 g/mol. The zero-order chi connectivity index (χ0) is 23.4. The van der Waals surface area contributed by atoms with Crippen LogP contribution in [0.4, 0.5) is 15.8 Å². The third kappa shape index (κ3) is 5.42. The normalized spacial score (nSPS) is 14.6. The van der Waals surface area contributed by atoms with Crippen molar-refractivity contribution in [3.63, 3.8) is 0 Å². The first kappa shape index (κ1) is 22.6. The second kappa shape index (κ2) is 9.89. The van der Waals surface area contributed by atoms with Crippen molar-refractivity contribution >= 4 is 57.8 Å². The van der Waals surface area contributed by atoms with Gasteiger partial charge in [0.2, 0.25) is 0 Å². The van der Waals surface area contributed by atoms with Crippen molar-refractivity contribution < 1.29 is 18.7 Å². The first-order valence-electron chi connectivity index (χ1n) is 9.76. The number of hydrogen-bond acceptors (Lipinski definition) is 5. The second-order valence-electron chi connectivity index (χ2n) is 6.91. The summed E-state index contributed by atoms with van der Waals surface area (Å²) >= 11 is 6.95. The SMILES string of the molecule is N=C1S/C(=C\c2ccccc2OCC(=O)Nc2ccc(F)cc2)C(=O)N1c1ccc(Cl)cc1. The molecule has 3 aromatic carbocycles. The maximum atomic E-state index is 13.0. The van der Waals surface area contributed by atoms with Crippen LogP contribution in [-0.4, -0.2) is 23.6 Å². The van der Waals surface area contributed by atoms with Gasteiger partial charge in [0.1, 0.15) is 11.6 Å². The number of nitrogens with one attached hydrogen (secondary N) is 2. The highest BCUT2D eigenvalue weighted by Crippen LogP contribution is 2.36. The summed E-state index contributed by atoms with van der Waals surface area (Å²) in [5.41, 5.74) is 1.59. The number of halogens is 2. The van der Waals surface area contributed by atoms with Crippen molar-refractivity contribution in [3.8, 4) is 5.75 Å². The predicted octanol–water partition coefficient (Wildman–Crippen LogP) is 5.55. The summed E-state index contributed by atoms with van der Waals surface area (Å²) in [7, 11) is 0. The molecule has 3 aromatic rings. The van der Waals surface area contributed by atoms with Crippen molar-refractivity contribution in [2.45, 2.75) is 0 Å². The maximum absolute atomic E-state index is 13.0. The average Bonchev–Trinajstić information content (AvgIpc) is 3.08. The molecule has 0 bridgehead atoms. The molecule has 0 saturated carbocycles. The van der Waals surface area contributed by atoms with Crippen molar-refractivity contribution in [1.82, 2.24) is 0 Å². The van der Waals surface area contributed by atoms with Crippen LogP contribution in [0.25, 0.3) is 6.08 Å². The Balaban J connectivity index is 1.47. The molecule has 0 unspecified atom stereocenters. The first-order chi connectivity index (χ1) is 15.9. The summed E-state index contributed by atoms with van der Waals surface area (Å²) < 4.78 is 18.7. The van der Waals surface area contributed by atoms with E-state index < -0.39 is 11.7 Å². The Morgan fingerprint density at radius 3 is 2.52 bits per heavy atom. The fourth-order valence-corrected chi connectivity index (χ4v) is 4.04. The molecule has 0 atom stereocenters. The van der Waals surface area contributed by atoms with Crippen LogP contribution in [0.3, 0.4) is 0 Å². The number of amidine groups is 1. The van der Waals surface area contributed by atoms with Crippen LogP contribution in [-0.2, 0) is 9.59 Å². The highest BCUT2D eigenvalue weighted by Gasteiger charge is 2.33. The molecule has 2 amide bonds. The van der Waals surface area contributed by atoms with Gasteiger partial charge in [0.25, 0.3) is 11.8 Å². The van der Waals surface area contributed by atoms with E-state index in [2.05, 4.69) is 5.32 Å². The van der Waals surface area contributed by atoms with Crippen molar-refractivity contribution in [3.05, 3.63) is 94.1 Å². The number of rotatable bonds is 6. The number of carbonyl (C=O) groups excluding carboxylic acids is 2. The van der Waals surface area contributed by atoms with Gasteiger partial charge in [-0.25, -0.2) is 4.39 Å². The molecule has 1 heterocycles. The number of amides is 2. The van der Waals surface area contributed by atoms with Crippen molar-refractivity contribution in [1.29, 1.82) is 5.41 Å². The number of carbonyl (C=O) groups is 2. The lowest BCUT2D eigenvalue weighted by atomic mass is 10.2. The molecule has 1 saturated heterocycles. The van der Waals surface area contributed by atoms with E-state index in [1.54, 1.807) is 54.6 Å². The number of para-hydroxylation sites is 1. The Hall–Kier alpha value is -3.62. The summed E-state index contributed by atoms with van der Waals surface area (Å²) in [6.07, 6.45) is 1.63. The van der Waals surface area contributed by atoms with Crippen LogP contribution in [0.15, 0.2) is 77.7 Å². The number of anilines is 2. The van der Waals surface area contributed by atoms with Gasteiger partial charge < -0.3 is 10.1 Å². The largest absolute Gasteiger partial charge is 0.483 e. The third-order valence-electron chi connectivity index (χ3n) is 4.60. The zero-order valence-electron chi connectivity index (χ0n) is 17.0. The smallest absolute Gasteiger partial charge is 0.271 e. The number of thioether (sulfide) groups is 1. The summed E-state index contributed by atoms with van der Waals surface area (Å²) in [5, 5.41) is 11.5. The van der Waals surface area contributed by atoms with E-state index in [9.17, 15) is 14.0 Å². The van der Waals surface area contributed by atoms with Gasteiger partial charge >= 0.3 is 0 Å². The Bertz CT molecular complexity index is 1250. The fourth-order valence-electron chi connectivity index (χ4n) is 3.06. The molecule has 166 valence electrons. The maximum Gasteiger partial charge on any atom is 0.271 e. The van der Waals surface area contributed by atoms with Gasteiger partial charge in [-0.2, -0.15) is 0 Å². The second-order valence-corrected chi connectivity index (χ2v) is 8.38. The molecule has 0 aliphatic carbocycles. The van der Waals surface area contributed by atoms with Gasteiger partial charge in [-0.05, 0) is 72.4 Å². The molecule has 0 spiro atoms. The van der Waals surface area contributed by atoms with Crippen LogP contribution in [0.5, 0.6) is 5.75 Å². The molecule has 9 heteroatoms. The van der Waals surface area contributed by atoms with E-state index >= 15 is 0 Å². The molecular weight excluding hydrogens is 465 g/mol. The fraction of sp³-hybridized carbons (Fsp3) is 0.0417. The lowest BCUT2D eigenvalue weighted by molar-refractivity contribution is -0.118. The Morgan fingerprint density at radius 2 is 1.79 bits per heavy atom. The Labute approximate surface area is 198 Å². The van der Waals surface area contributed by atoms with Crippen molar-refractivity contribution in [2.75, 3.05) is 16.8 Å². The molecule has 0 radical (unpaired) electrons. The van der Waals surface area contributed by atoms with E-state index in [0.717, 1.165) is 11.8 Å². The third-order valence-corrected chi connectivity index (χ3v) is 5.74. The Morgan fingerprint density at radius 1 is 1.09 bits per heavy atom. The van der Waals surface area contributed by atoms with Gasteiger partial charge in [-0.1, -0.05) is 29.8 Å². The van der Waals surface area contributed by atoms with Crippen LogP contribution >= 0.6 is 23.4 Å². The molecular formula is C24H17ClFN3O3S. The van der Waals surface area contributed by atoms with E-state index in [1.807, 2.05) is 0 Å². The summed E-state index contributed by atoms with van der Waals surface area (Å²) in [6, 6.07) is 19.0. The molecule has 1 fully saturated rings. The minimum Gasteiger partial charge on any atom is -0.483 e. The number of hydrogen-bond donors (Lipinski definition) is 2. The minimum absolute atomic E-state index is 0.0747. The molecule has 0 aromatic heterocycles. The highest BCUT2D eigenvalue weighted by atomic mass is 35.5. The lowest BCUT2D eigenvalue weighted by Crippen LogP contribution is -2.27. The van der Waals surface area contributed by atoms with Crippen LogP contribution in [0.1, 0.15) is 5.56 Å². The summed E-state index contributed by atoms with van der Waals surface area (Å²) in [5.74, 6) is -0.736. The van der Waals surface area contributed by atoms with E-state index in [-0.39, 0.29) is 17.7 Å². The molecule has 33 heavy (non-hydrogen) atoms. The van der Waals surface area contributed by atoms with Gasteiger partial charge in [0.15, 0.2) is 11.8 Å². The van der Waals surface area contributed by atoms with E-state index in [1.165, 1.54) is 29.2 Å². The monoisotopic (exact) mass is 481 g/mol. The quantitative estimate of drug-likeness (QED) is 0.452. The summed E-state index contributed by atoms with van der Waals surface area (Å²) in [4.78, 5) is 26.8. The van der Waals surface area contributed by atoms with Crippen LogP contribution < -0.4 is 15.0 Å². The first-order valence-corrected chi connectivity index (χ1v) is 11.0. The zero-order valence-corrected chi connectivity index (χ0v) is 18.6. The summed E-state index contributed by atoms with van der Waals surface area (Å²) in [6.45, 7) is -0.272. The van der Waals surface area contributed by atoms with Gasteiger partial charge in [0, 0.05) is 16.3 Å². The standard InChI is InChI=1S/C24H17ClFN3O3S/c25-16-5-11-19(12-6-16)29-23(31)21(33-24(29)27)13-15-3-1-2-4-20(15)32-14-22(30)28-18-9-7-17(26)8-10-18/h1-13,27H,14H2,(H,28,30)/b21-13-,27-24?. The molecule has 1 aliphatic rings. The lowest BCUT2D eigenvalue weighted by Gasteiger charge is -2.14. The molecule has 2 N–H and O–H groups in total. The Kier molecular flexibility index (Phi) is 6.76. The number of nitrogens with zero attached hydrogens (tertiary/aromatic N) is 1. The van der Waals surface area contributed by atoms with Crippen molar-refractivity contribution in [2.24, 2.45) is 0 Å². The predicted molar refractivity (Wildman–Crippen MR) is 129 cm³/mol. The van der Waals surface area contributed by atoms with Gasteiger partial charge in [0.05, 0.1) is 10.6 Å². The van der Waals surface area contributed by atoms with Crippen LogP contribution in [0, 0.1) is 11.2 Å². The molecule has 1 aliphatic heterocycles. The highest BCUT2D eigenvalue weighted by molar-refractivity contribution is 8.19. The molecule has 4 rings (SSSR count). The van der Waals surface area contributed by atoms with Crippen LogP contribution in [0.2, 0.25) is 5.02 Å². The minimum atomic E-state index is -0.411. The van der Waals surface area contributed by atoms with Gasteiger partial charge in [-0.15, -0.1) is 0 Å². The molecule has 6 nitrogen and oxygen atoms in total. The van der Waals surface area contributed by atoms with E-state index in [0.29, 0.717) is 32.6 Å². The number of benzene rings is 3. The number of ether oxygens (including phenoxy) is 1. The van der Waals surface area contributed by atoms with Gasteiger partial charge in [-0.3, -0.25) is 19.9 Å². The van der Waals surface area contributed by atoms with E-state index in [4.69, 9.17) is 21.7 Å².